The van der Waals surface area contributed by atoms with Crippen LogP contribution in [0.1, 0.15) is 12.7 Å². The molecule has 0 saturated heterocycles. The molecule has 1 aromatic heterocycles. The van der Waals surface area contributed by atoms with E-state index >= 15 is 0 Å². The number of rotatable bonds is 2. The minimum absolute atomic E-state index is 0.250. The van der Waals surface area contributed by atoms with Crippen molar-refractivity contribution in [3.8, 4) is 11.3 Å². The molecule has 0 spiro atoms. The topological polar surface area (TPSA) is 47.3 Å². The van der Waals surface area contributed by atoms with Crippen LogP contribution in [0, 0.1) is 0 Å². The van der Waals surface area contributed by atoms with Crippen molar-refractivity contribution in [3.63, 3.8) is 0 Å². The lowest BCUT2D eigenvalue weighted by molar-refractivity contribution is -0.191. The van der Waals surface area contributed by atoms with Gasteiger partial charge < -0.3 is 4.42 Å². The minimum Gasteiger partial charge on any atom is -0.461 e. The fourth-order valence-electron chi connectivity index (χ4n) is 1.34. The lowest BCUT2D eigenvalue weighted by atomic mass is 10.2. The molecular formula is C13H11ClO3. The minimum atomic E-state index is 0.250. The SMILES string of the molecule is CCc1ccc(-c2ccc(Cl)cc2)o1.O=C=O. The summed E-state index contributed by atoms with van der Waals surface area (Å²) in [5.41, 5.74) is 1.06. The fourth-order valence-corrected chi connectivity index (χ4v) is 1.46. The van der Waals surface area contributed by atoms with Crippen molar-refractivity contribution in [2.75, 3.05) is 0 Å². The summed E-state index contributed by atoms with van der Waals surface area (Å²) < 4.78 is 5.62. The molecule has 0 radical (unpaired) electrons. The van der Waals surface area contributed by atoms with Gasteiger partial charge in [0.05, 0.1) is 0 Å². The van der Waals surface area contributed by atoms with Gasteiger partial charge in [-0.05, 0) is 36.4 Å². The fraction of sp³-hybridized carbons (Fsp3) is 0.154. The Bertz CT molecular complexity index is 494. The highest BCUT2D eigenvalue weighted by molar-refractivity contribution is 6.30. The first kappa shape index (κ1) is 13.2. The molecule has 0 amide bonds. The molecule has 2 aromatic rings. The molecule has 1 heterocycles. The molecule has 1 aromatic carbocycles. The van der Waals surface area contributed by atoms with Crippen LogP contribution in [0.4, 0.5) is 0 Å². The van der Waals surface area contributed by atoms with Crippen LogP contribution in [0.15, 0.2) is 40.8 Å². The quantitative estimate of drug-likeness (QED) is 0.818. The first-order valence-corrected chi connectivity index (χ1v) is 5.43. The van der Waals surface area contributed by atoms with Crippen molar-refractivity contribution in [2.45, 2.75) is 13.3 Å². The monoisotopic (exact) mass is 250 g/mol. The predicted octanol–water partition coefficient (Wildman–Crippen LogP) is 3.58. The highest BCUT2D eigenvalue weighted by atomic mass is 35.5. The van der Waals surface area contributed by atoms with Crippen LogP contribution < -0.4 is 0 Å². The summed E-state index contributed by atoms with van der Waals surface area (Å²) >= 11 is 5.80. The molecule has 0 atom stereocenters. The summed E-state index contributed by atoms with van der Waals surface area (Å²) in [6.07, 6.45) is 1.17. The zero-order valence-electron chi connectivity index (χ0n) is 9.27. The van der Waals surface area contributed by atoms with Gasteiger partial charge in [-0.25, -0.2) is 0 Å². The maximum atomic E-state index is 8.12. The van der Waals surface area contributed by atoms with Gasteiger partial charge in [-0.2, -0.15) is 9.59 Å². The number of aryl methyl sites for hydroxylation is 1. The maximum absolute atomic E-state index is 8.12. The van der Waals surface area contributed by atoms with Gasteiger partial charge in [0.2, 0.25) is 0 Å². The number of benzene rings is 1. The van der Waals surface area contributed by atoms with Gasteiger partial charge >= 0.3 is 6.15 Å². The van der Waals surface area contributed by atoms with E-state index in [1.165, 1.54) is 0 Å². The van der Waals surface area contributed by atoms with Crippen LogP contribution in [0.5, 0.6) is 0 Å². The molecule has 3 nitrogen and oxygen atoms in total. The Hall–Kier alpha value is -1.83. The lowest BCUT2D eigenvalue weighted by Crippen LogP contribution is -1.73. The van der Waals surface area contributed by atoms with Gasteiger partial charge in [-0.3, -0.25) is 0 Å². The third-order valence-electron chi connectivity index (χ3n) is 2.14. The summed E-state index contributed by atoms with van der Waals surface area (Å²) in [5, 5.41) is 0.746. The van der Waals surface area contributed by atoms with E-state index in [0.29, 0.717) is 0 Å². The first-order valence-electron chi connectivity index (χ1n) is 5.05. The number of hydrogen-bond acceptors (Lipinski definition) is 3. The second-order valence-corrected chi connectivity index (χ2v) is 3.65. The highest BCUT2D eigenvalue weighted by Crippen LogP contribution is 2.23. The third-order valence-corrected chi connectivity index (χ3v) is 2.39. The molecule has 88 valence electrons. The first-order chi connectivity index (χ1) is 8.21. The summed E-state index contributed by atoms with van der Waals surface area (Å²) in [6, 6.07) is 11.6. The molecule has 0 fully saturated rings. The van der Waals surface area contributed by atoms with Crippen molar-refractivity contribution in [2.24, 2.45) is 0 Å². The summed E-state index contributed by atoms with van der Waals surface area (Å²) in [4.78, 5) is 16.2. The molecular weight excluding hydrogens is 240 g/mol. The van der Waals surface area contributed by atoms with Crippen LogP contribution in [-0.4, -0.2) is 6.15 Å². The van der Waals surface area contributed by atoms with E-state index in [0.717, 1.165) is 28.5 Å². The molecule has 0 aliphatic rings. The Kier molecular flexibility index (Phi) is 5.21. The van der Waals surface area contributed by atoms with E-state index in [1.54, 1.807) is 0 Å². The Balaban J connectivity index is 0.000000437. The van der Waals surface area contributed by atoms with E-state index < -0.39 is 0 Å². The molecule has 0 N–H and O–H groups in total. The maximum Gasteiger partial charge on any atom is 0.373 e. The van der Waals surface area contributed by atoms with E-state index in [9.17, 15) is 0 Å². The van der Waals surface area contributed by atoms with Crippen molar-refractivity contribution in [1.82, 2.24) is 0 Å². The van der Waals surface area contributed by atoms with Gasteiger partial charge in [0.1, 0.15) is 11.5 Å². The molecule has 17 heavy (non-hydrogen) atoms. The van der Waals surface area contributed by atoms with Crippen molar-refractivity contribution < 1.29 is 14.0 Å². The predicted molar refractivity (Wildman–Crippen MR) is 63.5 cm³/mol. The highest BCUT2D eigenvalue weighted by Gasteiger charge is 2.02. The molecule has 0 unspecified atom stereocenters. The lowest BCUT2D eigenvalue weighted by Gasteiger charge is -1.96. The number of furan rings is 1. The van der Waals surface area contributed by atoms with Gasteiger partial charge in [-0.15, -0.1) is 0 Å². The summed E-state index contributed by atoms with van der Waals surface area (Å²) in [7, 11) is 0. The van der Waals surface area contributed by atoms with Gasteiger partial charge in [0.15, 0.2) is 0 Å². The Morgan fingerprint density at radius 2 is 1.71 bits per heavy atom. The smallest absolute Gasteiger partial charge is 0.373 e. The molecule has 0 aliphatic carbocycles. The van der Waals surface area contributed by atoms with Crippen LogP contribution in [0.25, 0.3) is 11.3 Å². The van der Waals surface area contributed by atoms with Crippen molar-refractivity contribution in [1.29, 1.82) is 0 Å². The second kappa shape index (κ2) is 6.69. The van der Waals surface area contributed by atoms with Crippen LogP contribution >= 0.6 is 11.6 Å². The van der Waals surface area contributed by atoms with Gasteiger partial charge in [0, 0.05) is 17.0 Å². The largest absolute Gasteiger partial charge is 0.461 e. The van der Waals surface area contributed by atoms with Gasteiger partial charge in [0.25, 0.3) is 0 Å². The third kappa shape index (κ3) is 3.91. The zero-order chi connectivity index (χ0) is 12.7. The molecule has 2 rings (SSSR count). The van der Waals surface area contributed by atoms with Crippen molar-refractivity contribution >= 4 is 17.8 Å². The standard InChI is InChI=1S/C12H11ClO.CO2/c1-2-11-7-8-12(14-11)9-3-5-10(13)6-4-9;2-1-3/h3-8H,2H2,1H3;. The zero-order valence-corrected chi connectivity index (χ0v) is 10.0. The van der Waals surface area contributed by atoms with Crippen LogP contribution in [0.2, 0.25) is 5.02 Å². The Labute approximate surface area is 104 Å². The second-order valence-electron chi connectivity index (χ2n) is 3.21. The summed E-state index contributed by atoms with van der Waals surface area (Å²) in [5.74, 6) is 1.91. The molecule has 4 heteroatoms. The Morgan fingerprint density at radius 3 is 2.18 bits per heavy atom. The normalized spacial score (nSPS) is 9.06. The van der Waals surface area contributed by atoms with E-state index in [2.05, 4.69) is 6.92 Å². The number of carbonyl (C=O) groups excluding carboxylic acids is 2. The molecule has 0 saturated carbocycles. The van der Waals surface area contributed by atoms with Crippen LogP contribution in [-0.2, 0) is 16.0 Å². The van der Waals surface area contributed by atoms with Crippen LogP contribution in [0.3, 0.4) is 0 Å². The average molecular weight is 251 g/mol. The van der Waals surface area contributed by atoms with Crippen molar-refractivity contribution in [3.05, 3.63) is 47.2 Å². The van der Waals surface area contributed by atoms with E-state index in [-0.39, 0.29) is 6.15 Å². The number of halogens is 1. The number of hydrogen-bond donors (Lipinski definition) is 0. The van der Waals surface area contributed by atoms with Gasteiger partial charge in [-0.1, -0.05) is 18.5 Å². The van der Waals surface area contributed by atoms with E-state index in [4.69, 9.17) is 25.6 Å². The summed E-state index contributed by atoms with van der Waals surface area (Å²) in [6.45, 7) is 2.07. The molecule has 0 bridgehead atoms. The molecule has 0 aliphatic heterocycles. The average Bonchev–Trinajstić information content (AvgIpc) is 2.80. The van der Waals surface area contributed by atoms with E-state index in [1.807, 2.05) is 36.4 Å². The Morgan fingerprint density at radius 1 is 1.12 bits per heavy atom.